The van der Waals surface area contributed by atoms with E-state index < -0.39 is 5.60 Å². The third-order valence-corrected chi connectivity index (χ3v) is 4.47. The van der Waals surface area contributed by atoms with E-state index in [2.05, 4.69) is 9.78 Å². The van der Waals surface area contributed by atoms with Gasteiger partial charge in [0.05, 0.1) is 18.6 Å². The Kier molecular flexibility index (Phi) is 7.60. The molecule has 0 saturated carbocycles. The van der Waals surface area contributed by atoms with Gasteiger partial charge < -0.3 is 9.84 Å². The Bertz CT molecular complexity index is 627. The molecule has 0 amide bonds. The van der Waals surface area contributed by atoms with E-state index in [0.29, 0.717) is 43.6 Å². The second kappa shape index (κ2) is 9.69. The normalized spacial score (nSPS) is 19.0. The maximum Gasteiger partial charge on any atom is 0.342 e. The largest absolute Gasteiger partial charge is 0.486 e. The fourth-order valence-corrected chi connectivity index (χ4v) is 3.13. The van der Waals surface area contributed by atoms with Crippen molar-refractivity contribution in [3.8, 4) is 5.75 Å². The molecule has 26 heavy (non-hydrogen) atoms. The van der Waals surface area contributed by atoms with Crippen LogP contribution in [0.3, 0.4) is 0 Å². The topological polar surface area (TPSA) is 82.1 Å². The van der Waals surface area contributed by atoms with Crippen molar-refractivity contribution in [1.82, 2.24) is 0 Å². The molecule has 1 aromatic rings. The van der Waals surface area contributed by atoms with E-state index in [9.17, 15) is 9.59 Å². The molecule has 1 N–H and O–H groups in total. The summed E-state index contributed by atoms with van der Waals surface area (Å²) in [6.07, 6.45) is 4.20. The van der Waals surface area contributed by atoms with Crippen molar-refractivity contribution in [3.63, 3.8) is 0 Å². The van der Waals surface area contributed by atoms with Crippen LogP contribution in [0, 0.1) is 0 Å². The SMILES string of the molecule is CCOOC(=O)CCCc1ccc2c(c1)OC(C)(CCCCO)CC2=O. The van der Waals surface area contributed by atoms with Crippen molar-refractivity contribution >= 4 is 11.8 Å². The summed E-state index contributed by atoms with van der Waals surface area (Å²) < 4.78 is 6.14. The van der Waals surface area contributed by atoms with Gasteiger partial charge in [0.15, 0.2) is 5.78 Å². The summed E-state index contributed by atoms with van der Waals surface area (Å²) in [5, 5.41) is 8.95. The first-order chi connectivity index (χ1) is 12.5. The quantitative estimate of drug-likeness (QED) is 0.389. The van der Waals surface area contributed by atoms with Gasteiger partial charge >= 0.3 is 5.97 Å². The van der Waals surface area contributed by atoms with Crippen molar-refractivity contribution in [2.75, 3.05) is 13.2 Å². The van der Waals surface area contributed by atoms with E-state index in [0.717, 1.165) is 18.4 Å². The zero-order valence-corrected chi connectivity index (χ0v) is 15.6. The number of aliphatic hydroxyl groups excluding tert-OH is 1. The summed E-state index contributed by atoms with van der Waals surface area (Å²) in [4.78, 5) is 33.1. The molecular weight excluding hydrogens is 336 g/mol. The molecule has 1 atom stereocenters. The number of carbonyl (C=O) groups is 2. The number of aryl methyl sites for hydroxylation is 1. The van der Waals surface area contributed by atoms with Crippen molar-refractivity contribution in [3.05, 3.63) is 29.3 Å². The van der Waals surface area contributed by atoms with Gasteiger partial charge in [0, 0.05) is 13.0 Å². The second-order valence-corrected chi connectivity index (χ2v) is 6.88. The second-order valence-electron chi connectivity index (χ2n) is 6.88. The van der Waals surface area contributed by atoms with Gasteiger partial charge in [-0.2, -0.15) is 4.89 Å². The fraction of sp³-hybridized carbons (Fsp3) is 0.600. The fourth-order valence-electron chi connectivity index (χ4n) is 3.13. The molecule has 0 aromatic heterocycles. The van der Waals surface area contributed by atoms with E-state index in [-0.39, 0.29) is 24.8 Å². The zero-order valence-electron chi connectivity index (χ0n) is 15.6. The Morgan fingerprint density at radius 2 is 2.12 bits per heavy atom. The minimum absolute atomic E-state index is 0.0876. The highest BCUT2D eigenvalue weighted by atomic mass is 17.2. The summed E-state index contributed by atoms with van der Waals surface area (Å²) in [7, 11) is 0. The van der Waals surface area contributed by atoms with Crippen LogP contribution < -0.4 is 4.74 Å². The molecule has 0 radical (unpaired) electrons. The van der Waals surface area contributed by atoms with E-state index in [1.807, 2.05) is 19.1 Å². The van der Waals surface area contributed by atoms with Crippen LogP contribution in [0.25, 0.3) is 0 Å². The van der Waals surface area contributed by atoms with Crippen molar-refractivity contribution in [2.24, 2.45) is 0 Å². The van der Waals surface area contributed by atoms with Crippen LogP contribution in [0.5, 0.6) is 5.75 Å². The number of ketones is 1. The lowest BCUT2D eigenvalue weighted by Gasteiger charge is -2.35. The van der Waals surface area contributed by atoms with Crippen LogP contribution >= 0.6 is 0 Å². The van der Waals surface area contributed by atoms with Crippen molar-refractivity contribution in [1.29, 1.82) is 0 Å². The number of fused-ring (bicyclic) bond motifs is 1. The average molecular weight is 364 g/mol. The molecule has 0 fully saturated rings. The summed E-state index contributed by atoms with van der Waals surface area (Å²) >= 11 is 0. The summed E-state index contributed by atoms with van der Waals surface area (Å²) in [5.41, 5.74) is 1.10. The number of hydrogen-bond acceptors (Lipinski definition) is 6. The zero-order chi connectivity index (χ0) is 19.0. The number of ether oxygens (including phenoxy) is 1. The summed E-state index contributed by atoms with van der Waals surface area (Å²) in [6.45, 7) is 4.18. The first kappa shape index (κ1) is 20.4. The number of carbonyl (C=O) groups excluding carboxylic acids is 2. The van der Waals surface area contributed by atoms with Gasteiger partial charge in [0.2, 0.25) is 0 Å². The van der Waals surface area contributed by atoms with Gasteiger partial charge in [0.1, 0.15) is 11.4 Å². The average Bonchev–Trinajstić information content (AvgIpc) is 2.59. The van der Waals surface area contributed by atoms with Crippen LogP contribution in [0.2, 0.25) is 0 Å². The van der Waals surface area contributed by atoms with Gasteiger partial charge in [-0.05, 0) is 63.6 Å². The number of aliphatic hydroxyl groups is 1. The van der Waals surface area contributed by atoms with Gasteiger partial charge in [-0.15, -0.1) is 0 Å². The number of rotatable bonds is 10. The summed E-state index contributed by atoms with van der Waals surface area (Å²) in [5.74, 6) is 0.319. The standard InChI is InChI=1S/C20H28O6/c1-3-24-26-19(23)8-6-7-15-9-10-16-17(22)14-20(2,11-4-5-12-21)25-18(16)13-15/h9-10,13,21H,3-8,11-12,14H2,1-2H3. The molecule has 1 aliphatic heterocycles. The highest BCUT2D eigenvalue weighted by molar-refractivity contribution is 6.00. The molecule has 0 spiro atoms. The monoisotopic (exact) mass is 364 g/mol. The first-order valence-corrected chi connectivity index (χ1v) is 9.26. The number of Topliss-reactive ketones (excluding diaryl/α,β-unsaturated/α-hetero) is 1. The molecule has 1 heterocycles. The number of benzene rings is 1. The lowest BCUT2D eigenvalue weighted by Crippen LogP contribution is -2.39. The first-order valence-electron chi connectivity index (χ1n) is 9.26. The molecular formula is C20H28O6. The molecule has 0 aliphatic carbocycles. The van der Waals surface area contributed by atoms with Gasteiger partial charge in [-0.1, -0.05) is 6.07 Å². The highest BCUT2D eigenvalue weighted by Gasteiger charge is 2.36. The lowest BCUT2D eigenvalue weighted by molar-refractivity contribution is -0.269. The maximum absolute atomic E-state index is 12.4. The maximum atomic E-state index is 12.4. The molecule has 0 saturated heterocycles. The van der Waals surface area contributed by atoms with Crippen LogP contribution in [-0.4, -0.2) is 35.7 Å². The molecule has 0 bridgehead atoms. The lowest BCUT2D eigenvalue weighted by atomic mass is 9.87. The van der Waals surface area contributed by atoms with Gasteiger partial charge in [0.25, 0.3) is 0 Å². The number of unbranched alkanes of at least 4 members (excludes halogenated alkanes) is 1. The van der Waals surface area contributed by atoms with Crippen LogP contribution in [0.1, 0.15) is 68.3 Å². The van der Waals surface area contributed by atoms with Crippen LogP contribution in [-0.2, 0) is 21.0 Å². The molecule has 1 aliphatic rings. The van der Waals surface area contributed by atoms with E-state index >= 15 is 0 Å². The van der Waals surface area contributed by atoms with Gasteiger partial charge in [-0.3, -0.25) is 9.68 Å². The molecule has 6 nitrogen and oxygen atoms in total. The Morgan fingerprint density at radius 1 is 1.31 bits per heavy atom. The minimum Gasteiger partial charge on any atom is -0.486 e. The van der Waals surface area contributed by atoms with Crippen molar-refractivity contribution < 1.29 is 29.2 Å². The smallest absolute Gasteiger partial charge is 0.342 e. The van der Waals surface area contributed by atoms with Gasteiger partial charge in [-0.25, -0.2) is 4.79 Å². The Labute approximate surface area is 154 Å². The van der Waals surface area contributed by atoms with E-state index in [1.165, 1.54) is 0 Å². The number of hydrogen-bond donors (Lipinski definition) is 1. The Morgan fingerprint density at radius 3 is 2.85 bits per heavy atom. The molecule has 2 rings (SSSR count). The minimum atomic E-state index is -0.529. The third kappa shape index (κ3) is 5.81. The predicted octanol–water partition coefficient (Wildman–Crippen LogP) is 3.39. The Hall–Kier alpha value is -1.92. The third-order valence-electron chi connectivity index (χ3n) is 4.47. The Balaban J connectivity index is 1.96. The molecule has 6 heteroatoms. The van der Waals surface area contributed by atoms with Crippen molar-refractivity contribution in [2.45, 2.75) is 64.4 Å². The summed E-state index contributed by atoms with van der Waals surface area (Å²) in [6, 6.07) is 5.60. The van der Waals surface area contributed by atoms with Crippen LogP contribution in [0.15, 0.2) is 18.2 Å². The predicted molar refractivity (Wildman–Crippen MR) is 96.0 cm³/mol. The van der Waals surface area contributed by atoms with E-state index in [1.54, 1.807) is 13.0 Å². The van der Waals surface area contributed by atoms with Crippen LogP contribution in [0.4, 0.5) is 0 Å². The molecule has 1 unspecified atom stereocenters. The highest BCUT2D eigenvalue weighted by Crippen LogP contribution is 2.36. The van der Waals surface area contributed by atoms with E-state index in [4.69, 9.17) is 9.84 Å². The molecule has 144 valence electrons. The molecule has 1 aromatic carbocycles.